The number of ketones is 2. The van der Waals surface area contributed by atoms with Crippen LogP contribution in [0.4, 0.5) is 0 Å². The average molecular weight is 1310 g/mol. The molecule has 30 atom stereocenters. The predicted molar refractivity (Wildman–Crippen MR) is 298 cm³/mol. The molecular weight excluding hydrogens is 1220 g/mol. The van der Waals surface area contributed by atoms with Gasteiger partial charge in [-0.05, 0) is 72.5 Å². The van der Waals surface area contributed by atoms with Gasteiger partial charge in [-0.1, -0.05) is 31.2 Å². The maximum Gasteiger partial charge on any atom is 0.229 e. The van der Waals surface area contributed by atoms with Crippen LogP contribution in [0.5, 0.6) is 11.5 Å². The molecule has 6 heterocycles. The number of aliphatic hydroxyl groups is 19. The lowest BCUT2D eigenvalue weighted by Crippen LogP contribution is -2.67. The van der Waals surface area contributed by atoms with Crippen molar-refractivity contribution in [2.75, 3.05) is 39.6 Å². The van der Waals surface area contributed by atoms with Crippen LogP contribution in [-0.4, -0.2) is 326 Å². The first kappa shape index (κ1) is 72.5. The van der Waals surface area contributed by atoms with Crippen LogP contribution in [0.3, 0.4) is 0 Å². The van der Waals surface area contributed by atoms with Gasteiger partial charge in [0.2, 0.25) is 12.6 Å². The van der Waals surface area contributed by atoms with Gasteiger partial charge in [0.05, 0.1) is 52.2 Å². The van der Waals surface area contributed by atoms with Gasteiger partial charge in [-0.2, -0.15) is 0 Å². The number of aliphatic hydroxyl groups excluding tert-OH is 19. The zero-order chi connectivity index (χ0) is 66.4. The van der Waals surface area contributed by atoms with E-state index in [1.807, 2.05) is 0 Å². The molecule has 0 saturated carbocycles. The molecular formula is C58H82O33. The van der Waals surface area contributed by atoms with Gasteiger partial charge in [0.1, 0.15) is 146 Å². The van der Waals surface area contributed by atoms with E-state index in [-0.39, 0.29) is 11.5 Å². The van der Waals surface area contributed by atoms with Crippen molar-refractivity contribution in [2.45, 2.75) is 205 Å². The zero-order valence-electron chi connectivity index (χ0n) is 49.3. The third kappa shape index (κ3) is 16.3. The Morgan fingerprint density at radius 1 is 0.374 bits per heavy atom. The van der Waals surface area contributed by atoms with E-state index in [2.05, 4.69) is 0 Å². The fourth-order valence-electron chi connectivity index (χ4n) is 11.2. The highest BCUT2D eigenvalue weighted by Gasteiger charge is 2.57. The first-order valence-corrected chi connectivity index (χ1v) is 29.3. The fraction of sp³-hybridized carbons (Fsp3) is 0.690. The second-order valence-electron chi connectivity index (χ2n) is 23.1. The summed E-state index contributed by atoms with van der Waals surface area (Å²) < 4.78 is 68.4. The lowest BCUT2D eigenvalue weighted by molar-refractivity contribution is -0.378. The summed E-state index contributed by atoms with van der Waals surface area (Å²) in [6.07, 6.45) is -45.1. The van der Waals surface area contributed by atoms with Crippen molar-refractivity contribution in [3.05, 3.63) is 70.8 Å². The number of allylic oxidation sites excluding steroid dienone is 2. The quantitative estimate of drug-likeness (QED) is 0.0343. The molecule has 0 spiro atoms. The Hall–Kier alpha value is -4.30. The third-order valence-electron chi connectivity index (χ3n) is 16.7. The fourth-order valence-corrected chi connectivity index (χ4v) is 11.2. The Labute approximate surface area is 519 Å². The van der Waals surface area contributed by atoms with E-state index in [1.165, 1.54) is 55.5 Å². The predicted octanol–water partition coefficient (Wildman–Crippen LogP) is -8.51. The lowest BCUT2D eigenvalue weighted by Gasteiger charge is -2.48. The van der Waals surface area contributed by atoms with Crippen LogP contribution in [0.15, 0.2) is 48.6 Å². The van der Waals surface area contributed by atoms with Crippen molar-refractivity contribution < 1.29 is 163 Å². The number of carbonyl (C=O) groups excluding carboxylic acids is 2. The minimum atomic E-state index is -2.04. The van der Waals surface area contributed by atoms with Gasteiger partial charge >= 0.3 is 0 Å². The van der Waals surface area contributed by atoms with Crippen molar-refractivity contribution in [1.82, 2.24) is 0 Å². The molecule has 0 radical (unpaired) electrons. The van der Waals surface area contributed by atoms with Crippen molar-refractivity contribution in [1.29, 1.82) is 0 Å². The summed E-state index contributed by atoms with van der Waals surface area (Å²) in [7, 11) is 0. The molecule has 2 aromatic carbocycles. The largest absolute Gasteiger partial charge is 0.462 e. The standard InChI is InChI=1S/C58H82O33/c1-21-12-24(6-10-28(21)80-55-45(76)49(39(70)32(17-61)84-55)90-57-47(78)51(41(72)34(19-63)86-57)88-53-37(68)23(3)36(67)30(15-59)82-53)4-8-26(65)14-27(66)9-5-25-7-11-29(22(2)13-25)81-56-46(77)50(40(71)33(18-62)85-56)91-58-48(79)52(42(73)35(20-64)87-58)89-54-44(75)43(74)38(69)31(16-60)83-54/h4-13,23,30-64,67-79H,14-20H2,1-3H3/b8-4+,9-5+/t23-,30+,31+,32+,33+,34+,35+,36-,37+,38+,39+,40+,41+,42+,43-,44+,45+,46+,47+,48+,49-,50-,51-,52-,53-,54-,55+,56+,57-,58-/m0/s1. The van der Waals surface area contributed by atoms with Crippen molar-refractivity contribution in [3.8, 4) is 11.5 Å². The number of benzene rings is 2. The topological polar surface area (TPSA) is 529 Å². The molecule has 0 bridgehead atoms. The molecule has 19 N–H and O–H groups in total. The van der Waals surface area contributed by atoms with Crippen LogP contribution in [0.1, 0.15) is 35.6 Å². The molecule has 6 aliphatic rings. The van der Waals surface area contributed by atoms with Gasteiger partial charge in [0, 0.05) is 5.92 Å². The van der Waals surface area contributed by atoms with E-state index in [4.69, 9.17) is 56.8 Å². The number of rotatable bonds is 24. The molecule has 33 nitrogen and oxygen atoms in total. The van der Waals surface area contributed by atoms with E-state index >= 15 is 0 Å². The van der Waals surface area contributed by atoms with Crippen LogP contribution in [0, 0.1) is 19.8 Å². The number of ether oxygens (including phenoxy) is 12. The van der Waals surface area contributed by atoms with E-state index in [1.54, 1.807) is 26.0 Å². The van der Waals surface area contributed by atoms with E-state index in [9.17, 15) is 107 Å². The molecule has 6 saturated heterocycles. The molecule has 8 rings (SSSR count). The highest BCUT2D eigenvalue weighted by atomic mass is 16.8. The molecule has 0 unspecified atom stereocenters. The summed E-state index contributed by atoms with van der Waals surface area (Å²) >= 11 is 0. The maximum atomic E-state index is 13.0. The number of carbonyl (C=O) groups is 2. The van der Waals surface area contributed by atoms with Gasteiger partial charge in [0.25, 0.3) is 0 Å². The lowest BCUT2D eigenvalue weighted by atomic mass is 9.90. The van der Waals surface area contributed by atoms with Crippen LogP contribution in [-0.2, 0) is 57.0 Å². The first-order chi connectivity index (χ1) is 43.3. The normalized spacial score (nSPS) is 42.4. The third-order valence-corrected chi connectivity index (χ3v) is 16.7. The summed E-state index contributed by atoms with van der Waals surface area (Å²) in [5.74, 6) is -1.82. The molecule has 33 heteroatoms. The van der Waals surface area contributed by atoms with Crippen LogP contribution < -0.4 is 9.47 Å². The molecule has 512 valence electrons. The van der Waals surface area contributed by atoms with Crippen LogP contribution >= 0.6 is 0 Å². The highest BCUT2D eigenvalue weighted by Crippen LogP contribution is 2.37. The zero-order valence-corrected chi connectivity index (χ0v) is 49.3. The summed E-state index contributed by atoms with van der Waals surface area (Å²) in [5, 5.41) is 202. The maximum absolute atomic E-state index is 13.0. The minimum Gasteiger partial charge on any atom is -0.462 e. The molecule has 6 aliphatic heterocycles. The monoisotopic (exact) mass is 1310 g/mol. The molecule has 2 aromatic rings. The van der Waals surface area contributed by atoms with E-state index < -0.39 is 242 Å². The van der Waals surface area contributed by atoms with Gasteiger partial charge in [0.15, 0.2) is 36.7 Å². The molecule has 0 amide bonds. The van der Waals surface area contributed by atoms with Crippen LogP contribution in [0.25, 0.3) is 12.2 Å². The minimum absolute atomic E-state index is 0.106. The second kappa shape index (κ2) is 32.0. The molecule has 91 heavy (non-hydrogen) atoms. The number of hydrogen-bond acceptors (Lipinski definition) is 33. The average Bonchev–Trinajstić information content (AvgIpc) is 0.881. The Kier molecular flexibility index (Phi) is 25.5. The smallest absolute Gasteiger partial charge is 0.229 e. The summed E-state index contributed by atoms with van der Waals surface area (Å²) in [6.45, 7) is -0.239. The number of aryl methyl sites for hydroxylation is 2. The molecule has 0 aliphatic carbocycles. The Bertz CT molecular complexity index is 2560. The molecule has 6 fully saturated rings. The SMILES string of the molecule is Cc1cc(/C=C/C(=O)CC(=O)/C=C/c2ccc(O[C@@H]3O[C@H](CO)[C@@H](O)[C@H](O[C@@H]4O[C@H](CO)[C@@H](O)[C@H](O[C@@H]5O[C@H](CO)[C@@H](O)[C@H](O)[C@H]5O)[C@H]4O)[C@H]3O)c(C)c2)ccc1O[C@@H]1O[C@H](CO)[C@@H](O)[C@H](O[C@@H]2O[C@H](CO)[C@@H](O)[C@H](O[C@@H]3O[C@H](CO)[C@@H](O)[C@H](C)[C@H]3O)[C@H]2O)[C@H]1O. The first-order valence-electron chi connectivity index (χ1n) is 29.3. The summed E-state index contributed by atoms with van der Waals surface area (Å²) in [4.78, 5) is 25.9. The molecule has 0 aromatic heterocycles. The Morgan fingerprint density at radius 3 is 0.989 bits per heavy atom. The van der Waals surface area contributed by atoms with E-state index in [0.29, 0.717) is 22.3 Å². The number of hydrogen-bond donors (Lipinski definition) is 19. The van der Waals surface area contributed by atoms with Gasteiger partial charge < -0.3 is 154 Å². The van der Waals surface area contributed by atoms with Gasteiger partial charge in [-0.15, -0.1) is 0 Å². The summed E-state index contributed by atoms with van der Waals surface area (Å²) in [5.41, 5.74) is 1.79. The van der Waals surface area contributed by atoms with Gasteiger partial charge in [-0.25, -0.2) is 0 Å². The second-order valence-corrected chi connectivity index (χ2v) is 23.1. The highest BCUT2D eigenvalue weighted by molar-refractivity contribution is 6.10. The van der Waals surface area contributed by atoms with Crippen molar-refractivity contribution in [2.24, 2.45) is 5.92 Å². The van der Waals surface area contributed by atoms with Gasteiger partial charge in [-0.3, -0.25) is 9.59 Å². The van der Waals surface area contributed by atoms with Crippen LogP contribution in [0.2, 0.25) is 0 Å². The Morgan fingerprint density at radius 2 is 0.659 bits per heavy atom. The van der Waals surface area contributed by atoms with Crippen molar-refractivity contribution >= 4 is 23.7 Å². The van der Waals surface area contributed by atoms with Crippen molar-refractivity contribution in [3.63, 3.8) is 0 Å². The van der Waals surface area contributed by atoms with E-state index in [0.717, 1.165) is 0 Å². The summed E-state index contributed by atoms with van der Waals surface area (Å²) in [6, 6.07) is 9.13. The Balaban J connectivity index is 0.842.